The Morgan fingerprint density at radius 1 is 1.17 bits per heavy atom. The molecule has 0 spiro atoms. The van der Waals surface area contributed by atoms with E-state index in [0.29, 0.717) is 6.04 Å². The first kappa shape index (κ1) is 15.9. The Morgan fingerprint density at radius 3 is 2.44 bits per heavy atom. The van der Waals surface area contributed by atoms with Gasteiger partial charge in [0.05, 0.1) is 5.60 Å². The molecule has 3 heteroatoms. The van der Waals surface area contributed by atoms with E-state index in [-0.39, 0.29) is 11.1 Å². The lowest BCUT2D eigenvalue weighted by Gasteiger charge is -2.29. The van der Waals surface area contributed by atoms with Gasteiger partial charge < -0.3 is 15.4 Å². The van der Waals surface area contributed by atoms with Gasteiger partial charge in [-0.15, -0.1) is 0 Å². The Morgan fingerprint density at radius 2 is 1.89 bits per heavy atom. The smallest absolute Gasteiger partial charge is 0.0672 e. The van der Waals surface area contributed by atoms with Gasteiger partial charge in [0.25, 0.3) is 0 Å². The van der Waals surface area contributed by atoms with Crippen LogP contribution < -0.4 is 10.6 Å². The Labute approximate surface area is 113 Å². The molecule has 0 aromatic rings. The number of nitrogens with one attached hydrogen (secondary N) is 2. The third-order valence-corrected chi connectivity index (χ3v) is 4.55. The Hall–Kier alpha value is -0.120. The van der Waals surface area contributed by atoms with Crippen molar-refractivity contribution < 1.29 is 4.74 Å². The van der Waals surface area contributed by atoms with Crippen molar-refractivity contribution in [1.29, 1.82) is 0 Å². The maximum absolute atomic E-state index is 6.14. The maximum atomic E-state index is 6.14. The summed E-state index contributed by atoms with van der Waals surface area (Å²) in [5.74, 6) is 0. The summed E-state index contributed by atoms with van der Waals surface area (Å²) in [6.07, 6.45) is 7.20. The van der Waals surface area contributed by atoms with Crippen LogP contribution in [0.15, 0.2) is 0 Å². The number of ether oxygens (including phenoxy) is 1. The summed E-state index contributed by atoms with van der Waals surface area (Å²) in [4.78, 5) is 0. The molecule has 1 aliphatic rings. The number of hydrogen-bond acceptors (Lipinski definition) is 3. The van der Waals surface area contributed by atoms with E-state index in [0.717, 1.165) is 13.0 Å². The normalized spacial score (nSPS) is 33.8. The highest BCUT2D eigenvalue weighted by atomic mass is 16.5. The van der Waals surface area contributed by atoms with E-state index in [1.807, 2.05) is 7.05 Å². The zero-order valence-corrected chi connectivity index (χ0v) is 12.9. The van der Waals surface area contributed by atoms with Crippen molar-refractivity contribution in [3.05, 3.63) is 0 Å². The molecule has 1 aliphatic carbocycles. The summed E-state index contributed by atoms with van der Waals surface area (Å²) in [5, 5.41) is 6.71. The van der Waals surface area contributed by atoms with Crippen LogP contribution >= 0.6 is 0 Å². The molecule has 0 aliphatic heterocycles. The summed E-state index contributed by atoms with van der Waals surface area (Å²) in [5.41, 5.74) is 0.363. The molecule has 0 amide bonds. The van der Waals surface area contributed by atoms with Crippen LogP contribution in [-0.4, -0.2) is 37.9 Å². The molecule has 1 fully saturated rings. The van der Waals surface area contributed by atoms with E-state index < -0.39 is 0 Å². The van der Waals surface area contributed by atoms with Crippen LogP contribution in [0.4, 0.5) is 0 Å². The second-order valence-electron chi connectivity index (χ2n) is 6.47. The van der Waals surface area contributed by atoms with Crippen molar-refractivity contribution in [2.45, 2.75) is 76.5 Å². The molecular weight excluding hydrogens is 224 g/mol. The predicted molar refractivity (Wildman–Crippen MR) is 78.0 cm³/mol. The van der Waals surface area contributed by atoms with Gasteiger partial charge in [0, 0.05) is 18.2 Å². The molecule has 0 aromatic heterocycles. The molecule has 1 rings (SSSR count). The van der Waals surface area contributed by atoms with E-state index >= 15 is 0 Å². The van der Waals surface area contributed by atoms with E-state index in [1.54, 1.807) is 0 Å². The number of rotatable bonds is 8. The highest BCUT2D eigenvalue weighted by Gasteiger charge is 2.42. The molecule has 3 unspecified atom stereocenters. The molecule has 0 aromatic carbocycles. The molecule has 2 N–H and O–H groups in total. The molecule has 18 heavy (non-hydrogen) atoms. The van der Waals surface area contributed by atoms with Crippen LogP contribution in [0.5, 0.6) is 0 Å². The Kier molecular flexibility index (Phi) is 6.09. The molecule has 0 radical (unpaired) electrons. The average Bonchev–Trinajstić information content (AvgIpc) is 2.66. The summed E-state index contributed by atoms with van der Waals surface area (Å²) < 4.78 is 6.14. The van der Waals surface area contributed by atoms with Gasteiger partial charge in [0.15, 0.2) is 0 Å². The molecule has 1 saturated carbocycles. The predicted octanol–water partition coefficient (Wildman–Crippen LogP) is 2.70. The lowest BCUT2D eigenvalue weighted by Crippen LogP contribution is -2.39. The fraction of sp³-hybridized carbons (Fsp3) is 1.00. The summed E-state index contributed by atoms with van der Waals surface area (Å²) in [6, 6.07) is 0.625. The van der Waals surface area contributed by atoms with Crippen molar-refractivity contribution in [3.63, 3.8) is 0 Å². The zero-order chi connectivity index (χ0) is 13.6. The van der Waals surface area contributed by atoms with Gasteiger partial charge in [0.1, 0.15) is 0 Å². The van der Waals surface area contributed by atoms with Gasteiger partial charge >= 0.3 is 0 Å². The van der Waals surface area contributed by atoms with Crippen LogP contribution in [0, 0.1) is 0 Å². The topological polar surface area (TPSA) is 33.3 Å². The van der Waals surface area contributed by atoms with Gasteiger partial charge in [-0.3, -0.25) is 0 Å². The number of unbranched alkanes of at least 4 members (excludes halogenated alkanes) is 1. The maximum Gasteiger partial charge on any atom is 0.0672 e. The standard InChI is InChI=1S/C15H32N2O/c1-13(16-4)8-6-7-11-18-15(3)10-9-14(2,12-15)17-5/h13,16-17H,6-12H2,1-5H3. The van der Waals surface area contributed by atoms with E-state index in [2.05, 4.69) is 38.5 Å². The molecule has 3 atom stereocenters. The minimum absolute atomic E-state index is 0.0897. The third kappa shape index (κ3) is 4.87. The average molecular weight is 256 g/mol. The second kappa shape index (κ2) is 6.88. The Bertz CT molecular complexity index is 247. The second-order valence-corrected chi connectivity index (χ2v) is 6.47. The Balaban J connectivity index is 2.16. The minimum Gasteiger partial charge on any atom is -0.375 e. The van der Waals surface area contributed by atoms with Crippen LogP contribution in [-0.2, 0) is 4.74 Å². The van der Waals surface area contributed by atoms with Gasteiger partial charge in [-0.1, -0.05) is 0 Å². The lowest BCUT2D eigenvalue weighted by atomic mass is 9.97. The van der Waals surface area contributed by atoms with Crippen molar-refractivity contribution >= 4 is 0 Å². The molecule has 0 bridgehead atoms. The molecular formula is C15H32N2O. The van der Waals surface area contributed by atoms with Crippen LogP contribution in [0.2, 0.25) is 0 Å². The van der Waals surface area contributed by atoms with Crippen molar-refractivity contribution in [2.75, 3.05) is 20.7 Å². The van der Waals surface area contributed by atoms with Crippen LogP contribution in [0.3, 0.4) is 0 Å². The van der Waals surface area contributed by atoms with Gasteiger partial charge in [-0.05, 0) is 73.4 Å². The van der Waals surface area contributed by atoms with E-state index in [1.165, 1.54) is 32.1 Å². The largest absolute Gasteiger partial charge is 0.375 e. The van der Waals surface area contributed by atoms with Crippen molar-refractivity contribution in [3.8, 4) is 0 Å². The number of hydrogen-bond donors (Lipinski definition) is 2. The first-order valence-electron chi connectivity index (χ1n) is 7.43. The van der Waals surface area contributed by atoms with Gasteiger partial charge in [-0.25, -0.2) is 0 Å². The SMILES string of the molecule is CNC(C)CCCCOC1(C)CCC(C)(NC)C1. The highest BCUT2D eigenvalue weighted by Crippen LogP contribution is 2.39. The summed E-state index contributed by atoms with van der Waals surface area (Å²) >= 11 is 0. The lowest BCUT2D eigenvalue weighted by molar-refractivity contribution is -0.0323. The first-order valence-corrected chi connectivity index (χ1v) is 7.43. The van der Waals surface area contributed by atoms with E-state index in [9.17, 15) is 0 Å². The van der Waals surface area contributed by atoms with Gasteiger partial charge in [-0.2, -0.15) is 0 Å². The van der Waals surface area contributed by atoms with Crippen molar-refractivity contribution in [1.82, 2.24) is 10.6 Å². The quantitative estimate of drug-likeness (QED) is 0.655. The third-order valence-electron chi connectivity index (χ3n) is 4.55. The first-order chi connectivity index (χ1) is 8.43. The minimum atomic E-state index is 0.0897. The highest BCUT2D eigenvalue weighted by molar-refractivity contribution is 4.99. The fourth-order valence-electron chi connectivity index (χ4n) is 2.89. The monoisotopic (exact) mass is 256 g/mol. The van der Waals surface area contributed by atoms with Crippen molar-refractivity contribution in [2.24, 2.45) is 0 Å². The molecule has 0 saturated heterocycles. The molecule has 0 heterocycles. The summed E-state index contributed by atoms with van der Waals surface area (Å²) in [6.45, 7) is 7.71. The van der Waals surface area contributed by atoms with Crippen LogP contribution in [0.25, 0.3) is 0 Å². The summed E-state index contributed by atoms with van der Waals surface area (Å²) in [7, 11) is 4.09. The van der Waals surface area contributed by atoms with E-state index in [4.69, 9.17) is 4.74 Å². The molecule has 3 nitrogen and oxygen atoms in total. The zero-order valence-electron chi connectivity index (χ0n) is 12.9. The van der Waals surface area contributed by atoms with Crippen LogP contribution in [0.1, 0.15) is 59.3 Å². The molecule has 108 valence electrons. The van der Waals surface area contributed by atoms with Gasteiger partial charge in [0.2, 0.25) is 0 Å². The fourth-order valence-corrected chi connectivity index (χ4v) is 2.89.